The van der Waals surface area contributed by atoms with Gasteiger partial charge in [0.25, 0.3) is 0 Å². The number of nitrogens with zero attached hydrogens (tertiary/aromatic N) is 3. The first-order chi connectivity index (χ1) is 12.5. The number of rotatable bonds is 8. The predicted octanol–water partition coefficient (Wildman–Crippen LogP) is 3.32. The van der Waals surface area contributed by atoms with Crippen LogP contribution in [0.5, 0.6) is 0 Å². The first-order valence-electron chi connectivity index (χ1n) is 9.79. The summed E-state index contributed by atoms with van der Waals surface area (Å²) in [5.74, 6) is 0.902. The number of piperidine rings is 1. The van der Waals surface area contributed by atoms with Crippen LogP contribution < -0.4 is 10.6 Å². The van der Waals surface area contributed by atoms with Crippen molar-refractivity contribution in [3.8, 4) is 0 Å². The van der Waals surface area contributed by atoms with Gasteiger partial charge in [0.1, 0.15) is 5.01 Å². The van der Waals surface area contributed by atoms with E-state index in [4.69, 9.17) is 9.73 Å². The smallest absolute Gasteiger partial charge is 0.191 e. The Labute approximate surface area is 185 Å². The minimum Gasteiger partial charge on any atom is -0.377 e. The van der Waals surface area contributed by atoms with Gasteiger partial charge in [-0.1, -0.05) is 0 Å². The zero-order chi connectivity index (χ0) is 18.9. The third-order valence-corrected chi connectivity index (χ3v) is 5.63. The fraction of sp³-hybridized carbons (Fsp3) is 0.789. The summed E-state index contributed by atoms with van der Waals surface area (Å²) in [5, 5.41) is 8.04. The number of guanidine groups is 1. The minimum absolute atomic E-state index is 0. The Balaban J connectivity index is 0.00000364. The molecule has 2 rings (SSSR count). The van der Waals surface area contributed by atoms with Crippen molar-refractivity contribution in [2.75, 3.05) is 32.8 Å². The lowest BCUT2D eigenvalue weighted by Crippen LogP contribution is -2.49. The van der Waals surface area contributed by atoms with Gasteiger partial charge < -0.3 is 20.3 Å². The van der Waals surface area contributed by atoms with Gasteiger partial charge in [-0.05, 0) is 47.5 Å². The number of aromatic nitrogens is 1. The van der Waals surface area contributed by atoms with Crippen molar-refractivity contribution in [2.24, 2.45) is 4.99 Å². The van der Waals surface area contributed by atoms with Crippen LogP contribution >= 0.6 is 35.3 Å². The van der Waals surface area contributed by atoms with E-state index in [1.807, 2.05) is 0 Å². The fourth-order valence-corrected chi connectivity index (χ4v) is 3.84. The van der Waals surface area contributed by atoms with Crippen LogP contribution in [0.25, 0.3) is 0 Å². The van der Waals surface area contributed by atoms with Crippen LogP contribution in [-0.2, 0) is 11.3 Å². The Morgan fingerprint density at radius 1 is 1.33 bits per heavy atom. The van der Waals surface area contributed by atoms with E-state index in [2.05, 4.69) is 55.1 Å². The van der Waals surface area contributed by atoms with E-state index in [9.17, 15) is 0 Å². The molecule has 0 bridgehead atoms. The molecule has 1 aliphatic rings. The fourth-order valence-electron chi connectivity index (χ4n) is 2.99. The number of hydrogen-bond donors (Lipinski definition) is 2. The Bertz CT molecular complexity index is 551. The third kappa shape index (κ3) is 9.06. The Morgan fingerprint density at radius 2 is 2.04 bits per heavy atom. The summed E-state index contributed by atoms with van der Waals surface area (Å²) in [4.78, 5) is 13.1. The average Bonchev–Trinajstić information content (AvgIpc) is 2.92. The predicted molar refractivity (Wildman–Crippen MR) is 126 cm³/mol. The zero-order valence-electron chi connectivity index (χ0n) is 17.4. The van der Waals surface area contributed by atoms with E-state index >= 15 is 0 Å². The van der Waals surface area contributed by atoms with Gasteiger partial charge in [0, 0.05) is 37.1 Å². The van der Waals surface area contributed by atoms with Gasteiger partial charge in [-0.25, -0.2) is 9.98 Å². The number of likely N-dealkylation sites (tertiary alicyclic amines) is 1. The lowest BCUT2D eigenvalue weighted by Gasteiger charge is -2.33. The van der Waals surface area contributed by atoms with Gasteiger partial charge in [0.2, 0.25) is 0 Å². The molecule has 1 saturated heterocycles. The van der Waals surface area contributed by atoms with Crippen molar-refractivity contribution in [3.05, 3.63) is 15.6 Å². The van der Waals surface area contributed by atoms with Crippen molar-refractivity contribution in [2.45, 2.75) is 66.2 Å². The maximum absolute atomic E-state index is 5.66. The van der Waals surface area contributed by atoms with E-state index in [1.54, 1.807) is 11.3 Å². The molecular formula is C19H36IN5OS. The Hall–Kier alpha value is -0.450. The van der Waals surface area contributed by atoms with Gasteiger partial charge in [0.05, 0.1) is 24.9 Å². The van der Waals surface area contributed by atoms with Crippen molar-refractivity contribution >= 4 is 41.3 Å². The molecule has 0 atom stereocenters. The highest BCUT2D eigenvalue weighted by atomic mass is 127. The van der Waals surface area contributed by atoms with E-state index < -0.39 is 0 Å². The number of ether oxygens (including phenoxy) is 1. The molecule has 0 saturated carbocycles. The molecule has 1 aromatic heterocycles. The lowest BCUT2D eigenvalue weighted by molar-refractivity contribution is 0.0532. The molecular weight excluding hydrogens is 473 g/mol. The maximum atomic E-state index is 5.66. The summed E-state index contributed by atoms with van der Waals surface area (Å²) < 4.78 is 5.66. The summed E-state index contributed by atoms with van der Waals surface area (Å²) in [6.07, 6.45) is 2.60. The van der Waals surface area contributed by atoms with Crippen molar-refractivity contribution in [1.82, 2.24) is 20.5 Å². The molecule has 0 amide bonds. The Morgan fingerprint density at radius 3 is 2.59 bits per heavy atom. The summed E-state index contributed by atoms with van der Waals surface area (Å²) in [6.45, 7) is 16.0. The number of aliphatic imine (C=N–C) groups is 1. The van der Waals surface area contributed by atoms with Crippen LogP contribution in [0.1, 0.15) is 49.2 Å². The highest BCUT2D eigenvalue weighted by Gasteiger charge is 2.19. The molecule has 156 valence electrons. The first-order valence-corrected chi connectivity index (χ1v) is 10.6. The summed E-state index contributed by atoms with van der Waals surface area (Å²) in [7, 11) is 0. The molecule has 1 aliphatic heterocycles. The monoisotopic (exact) mass is 509 g/mol. The summed E-state index contributed by atoms with van der Waals surface area (Å²) >= 11 is 1.74. The second-order valence-electron chi connectivity index (χ2n) is 7.12. The standard InChI is InChI=1S/C19H35N5OS.HI/c1-6-20-19(21-13-18-22-15(4)16(5)26-18)23-17-7-9-24(10-8-17)11-12-25-14(2)3;/h14,17H,6-13H2,1-5H3,(H2,20,21,23);1H. The summed E-state index contributed by atoms with van der Waals surface area (Å²) in [5.41, 5.74) is 1.12. The van der Waals surface area contributed by atoms with Crippen LogP contribution in [-0.4, -0.2) is 60.8 Å². The van der Waals surface area contributed by atoms with Crippen LogP contribution in [0.2, 0.25) is 0 Å². The molecule has 0 spiro atoms. The first kappa shape index (κ1) is 24.6. The Kier molecular flexibility index (Phi) is 11.7. The number of halogens is 1. The molecule has 27 heavy (non-hydrogen) atoms. The van der Waals surface area contributed by atoms with E-state index in [0.717, 1.165) is 62.3 Å². The lowest BCUT2D eigenvalue weighted by atomic mass is 10.1. The number of thiazole rings is 1. The summed E-state index contributed by atoms with van der Waals surface area (Å²) in [6, 6.07) is 0.481. The molecule has 6 nitrogen and oxygen atoms in total. The normalized spacial score (nSPS) is 16.4. The highest BCUT2D eigenvalue weighted by molar-refractivity contribution is 14.0. The average molecular weight is 510 g/mol. The molecule has 0 radical (unpaired) electrons. The van der Waals surface area contributed by atoms with Gasteiger partial charge in [0.15, 0.2) is 5.96 Å². The molecule has 1 aromatic rings. The van der Waals surface area contributed by atoms with Crippen LogP contribution in [0, 0.1) is 13.8 Å². The number of aryl methyl sites for hydroxylation is 2. The second-order valence-corrected chi connectivity index (χ2v) is 8.41. The highest BCUT2D eigenvalue weighted by Crippen LogP contribution is 2.17. The van der Waals surface area contributed by atoms with Crippen molar-refractivity contribution in [3.63, 3.8) is 0 Å². The van der Waals surface area contributed by atoms with Crippen molar-refractivity contribution in [1.29, 1.82) is 0 Å². The van der Waals surface area contributed by atoms with E-state index in [-0.39, 0.29) is 24.0 Å². The molecule has 0 unspecified atom stereocenters. The molecule has 0 aliphatic carbocycles. The second kappa shape index (κ2) is 12.9. The van der Waals surface area contributed by atoms with Crippen LogP contribution in [0.4, 0.5) is 0 Å². The van der Waals surface area contributed by atoms with Gasteiger partial charge in [-0.2, -0.15) is 0 Å². The van der Waals surface area contributed by atoms with Crippen LogP contribution in [0.15, 0.2) is 4.99 Å². The third-order valence-electron chi connectivity index (χ3n) is 4.58. The maximum Gasteiger partial charge on any atom is 0.191 e. The number of hydrogen-bond acceptors (Lipinski definition) is 5. The molecule has 2 N–H and O–H groups in total. The largest absolute Gasteiger partial charge is 0.377 e. The minimum atomic E-state index is 0. The quantitative estimate of drug-likeness (QED) is 0.320. The molecule has 2 heterocycles. The van der Waals surface area contributed by atoms with E-state index in [0.29, 0.717) is 18.7 Å². The number of nitrogens with one attached hydrogen (secondary N) is 2. The molecule has 1 fully saturated rings. The topological polar surface area (TPSA) is 61.8 Å². The van der Waals surface area contributed by atoms with Gasteiger partial charge in [-0.15, -0.1) is 35.3 Å². The van der Waals surface area contributed by atoms with Crippen LogP contribution in [0.3, 0.4) is 0 Å². The zero-order valence-corrected chi connectivity index (χ0v) is 20.5. The molecule has 0 aromatic carbocycles. The van der Waals surface area contributed by atoms with Gasteiger partial charge in [-0.3, -0.25) is 0 Å². The molecule has 8 heteroatoms. The van der Waals surface area contributed by atoms with Crippen molar-refractivity contribution < 1.29 is 4.74 Å². The van der Waals surface area contributed by atoms with E-state index in [1.165, 1.54) is 4.88 Å². The van der Waals surface area contributed by atoms with Gasteiger partial charge >= 0.3 is 0 Å². The SMILES string of the molecule is CCNC(=NCc1nc(C)c(C)s1)NC1CCN(CCOC(C)C)CC1.I.